The fourth-order valence-electron chi connectivity index (χ4n) is 3.95. The Balaban J connectivity index is 1.55. The van der Waals surface area contributed by atoms with Crippen molar-refractivity contribution in [3.8, 4) is 0 Å². The minimum atomic E-state index is -0.508. The Morgan fingerprint density at radius 2 is 2.00 bits per heavy atom. The van der Waals surface area contributed by atoms with Gasteiger partial charge in [-0.05, 0) is 51.8 Å². The summed E-state index contributed by atoms with van der Waals surface area (Å²) in [6, 6.07) is 14.7. The molecule has 0 unspecified atom stereocenters. The van der Waals surface area contributed by atoms with Crippen LogP contribution in [0, 0.1) is 0 Å². The number of thioether (sulfide) groups is 1. The van der Waals surface area contributed by atoms with Crippen LogP contribution in [0.1, 0.15) is 45.7 Å². The Morgan fingerprint density at radius 1 is 1.26 bits per heavy atom. The molecule has 164 valence electrons. The van der Waals surface area contributed by atoms with Crippen LogP contribution >= 0.6 is 23.4 Å². The molecule has 2 atom stereocenters. The summed E-state index contributed by atoms with van der Waals surface area (Å²) < 4.78 is 7.61. The highest BCUT2D eigenvalue weighted by Crippen LogP contribution is 2.36. The first kappa shape index (κ1) is 22.0. The van der Waals surface area contributed by atoms with Crippen LogP contribution in [0.2, 0.25) is 5.02 Å². The molecule has 2 aromatic carbocycles. The Bertz CT molecular complexity index is 1080. The van der Waals surface area contributed by atoms with Crippen LogP contribution in [0.25, 0.3) is 10.9 Å². The number of carbonyl (C=O) groups excluding carboxylic acids is 1. The predicted molar refractivity (Wildman–Crippen MR) is 127 cm³/mol. The first-order valence-corrected chi connectivity index (χ1v) is 11.9. The number of rotatable bonds is 4. The van der Waals surface area contributed by atoms with Gasteiger partial charge in [0.05, 0.1) is 22.8 Å². The topological polar surface area (TPSA) is 47.4 Å². The molecule has 5 nitrogen and oxygen atoms in total. The molecule has 1 fully saturated rings. The van der Waals surface area contributed by atoms with Crippen LogP contribution in [0.15, 0.2) is 53.6 Å². The average Bonchev–Trinajstić information content (AvgIpc) is 3.29. The zero-order valence-corrected chi connectivity index (χ0v) is 19.9. The van der Waals surface area contributed by atoms with Gasteiger partial charge in [-0.1, -0.05) is 41.9 Å². The third-order valence-corrected chi connectivity index (χ3v) is 6.77. The standard InChI is InChI=1S/C24H28ClN3O2S/c1-16-10-18(14-27(16)23(29)30-24(2,3)4)28-22-12-19(11-21(25)20(22)13-26-28)31-15-17-8-6-5-7-9-17/h5-9,11-13,16,18H,10,14-15H2,1-4H3/t16-,18-/m1/s1. The van der Waals surface area contributed by atoms with Crippen LogP contribution in [-0.2, 0) is 10.5 Å². The van der Waals surface area contributed by atoms with Gasteiger partial charge in [0, 0.05) is 28.6 Å². The van der Waals surface area contributed by atoms with Crippen molar-refractivity contribution in [1.29, 1.82) is 0 Å². The second-order valence-electron chi connectivity index (χ2n) is 9.07. The number of hydrogen-bond acceptors (Lipinski definition) is 4. The highest BCUT2D eigenvalue weighted by Gasteiger charge is 2.36. The maximum absolute atomic E-state index is 12.6. The van der Waals surface area contributed by atoms with Crippen LogP contribution < -0.4 is 0 Å². The molecule has 7 heteroatoms. The molecule has 0 spiro atoms. The van der Waals surface area contributed by atoms with Gasteiger partial charge in [-0.2, -0.15) is 5.10 Å². The number of ether oxygens (including phenoxy) is 1. The lowest BCUT2D eigenvalue weighted by Gasteiger charge is -2.26. The van der Waals surface area contributed by atoms with E-state index in [1.165, 1.54) is 5.56 Å². The molecule has 0 aliphatic carbocycles. The van der Waals surface area contributed by atoms with Crippen LogP contribution in [-0.4, -0.2) is 39.0 Å². The normalized spacial score (nSPS) is 19.2. The van der Waals surface area contributed by atoms with E-state index < -0.39 is 5.60 Å². The number of likely N-dealkylation sites (tertiary alicyclic amines) is 1. The van der Waals surface area contributed by atoms with Gasteiger partial charge < -0.3 is 9.64 Å². The monoisotopic (exact) mass is 457 g/mol. The summed E-state index contributed by atoms with van der Waals surface area (Å²) in [7, 11) is 0. The molecule has 2 heterocycles. The number of nitrogens with zero attached hydrogens (tertiary/aromatic N) is 3. The lowest BCUT2D eigenvalue weighted by molar-refractivity contribution is 0.0234. The molecule has 1 saturated heterocycles. The van der Waals surface area contributed by atoms with E-state index in [9.17, 15) is 4.79 Å². The minimum Gasteiger partial charge on any atom is -0.444 e. The molecular weight excluding hydrogens is 430 g/mol. The van der Waals surface area contributed by atoms with Crippen molar-refractivity contribution >= 4 is 40.4 Å². The summed E-state index contributed by atoms with van der Waals surface area (Å²) in [5.41, 5.74) is 1.77. The first-order valence-electron chi connectivity index (χ1n) is 10.5. The molecule has 1 amide bonds. The summed E-state index contributed by atoms with van der Waals surface area (Å²) >= 11 is 8.35. The molecule has 0 N–H and O–H groups in total. The second kappa shape index (κ2) is 8.75. The van der Waals surface area contributed by atoms with Crippen LogP contribution in [0.4, 0.5) is 4.79 Å². The van der Waals surface area contributed by atoms with E-state index in [1.807, 2.05) is 43.8 Å². The van der Waals surface area contributed by atoms with Crippen molar-refractivity contribution < 1.29 is 9.53 Å². The lowest BCUT2D eigenvalue weighted by atomic mass is 10.2. The highest BCUT2D eigenvalue weighted by molar-refractivity contribution is 7.98. The molecule has 0 radical (unpaired) electrons. The number of benzene rings is 2. The lowest BCUT2D eigenvalue weighted by Crippen LogP contribution is -2.38. The molecule has 1 aromatic heterocycles. The number of hydrogen-bond donors (Lipinski definition) is 0. The summed E-state index contributed by atoms with van der Waals surface area (Å²) in [4.78, 5) is 15.5. The number of aromatic nitrogens is 2. The van der Waals surface area contributed by atoms with E-state index >= 15 is 0 Å². The maximum atomic E-state index is 12.6. The Kier molecular flexibility index (Phi) is 6.22. The van der Waals surface area contributed by atoms with Gasteiger partial charge in [0.25, 0.3) is 0 Å². The van der Waals surface area contributed by atoms with Gasteiger partial charge >= 0.3 is 6.09 Å². The first-order chi connectivity index (χ1) is 14.7. The highest BCUT2D eigenvalue weighted by atomic mass is 35.5. The molecule has 1 aliphatic heterocycles. The third-order valence-electron chi connectivity index (χ3n) is 5.41. The van der Waals surface area contributed by atoms with Crippen molar-refractivity contribution in [2.45, 2.75) is 62.4 Å². The number of halogens is 1. The Hall–Kier alpha value is -2.18. The van der Waals surface area contributed by atoms with Crippen molar-refractivity contribution in [2.24, 2.45) is 0 Å². The minimum absolute atomic E-state index is 0.0882. The van der Waals surface area contributed by atoms with Gasteiger partial charge in [-0.25, -0.2) is 4.79 Å². The summed E-state index contributed by atoms with van der Waals surface area (Å²) in [6.07, 6.45) is 2.38. The van der Waals surface area contributed by atoms with Gasteiger partial charge in [-0.3, -0.25) is 4.68 Å². The quantitative estimate of drug-likeness (QED) is 0.416. The molecule has 0 bridgehead atoms. The molecule has 3 aromatic rings. The van der Waals surface area contributed by atoms with Crippen LogP contribution in [0.5, 0.6) is 0 Å². The number of amides is 1. The Labute approximate surface area is 192 Å². The molecular formula is C24H28ClN3O2S. The van der Waals surface area contributed by atoms with Crippen molar-refractivity contribution in [3.63, 3.8) is 0 Å². The van der Waals surface area contributed by atoms with Crippen molar-refractivity contribution in [1.82, 2.24) is 14.7 Å². The van der Waals surface area contributed by atoms with E-state index in [0.29, 0.717) is 11.6 Å². The van der Waals surface area contributed by atoms with Gasteiger partial charge in [-0.15, -0.1) is 11.8 Å². The van der Waals surface area contributed by atoms with Crippen molar-refractivity contribution in [3.05, 3.63) is 59.2 Å². The van der Waals surface area contributed by atoms with Crippen LogP contribution in [0.3, 0.4) is 0 Å². The summed E-state index contributed by atoms with van der Waals surface area (Å²) in [5.74, 6) is 0.879. The van der Waals surface area contributed by atoms with Gasteiger partial charge in [0.2, 0.25) is 0 Å². The van der Waals surface area contributed by atoms with E-state index in [-0.39, 0.29) is 18.2 Å². The molecule has 4 rings (SSSR count). The van der Waals surface area contributed by atoms with E-state index in [1.54, 1.807) is 16.7 Å². The molecule has 0 saturated carbocycles. The van der Waals surface area contributed by atoms with Gasteiger partial charge in [0.1, 0.15) is 5.60 Å². The number of fused-ring (bicyclic) bond motifs is 1. The number of carbonyl (C=O) groups is 1. The summed E-state index contributed by atoms with van der Waals surface area (Å²) in [6.45, 7) is 8.30. The fourth-order valence-corrected chi connectivity index (χ4v) is 5.20. The Morgan fingerprint density at radius 3 is 2.71 bits per heavy atom. The fraction of sp³-hybridized carbons (Fsp3) is 0.417. The molecule has 31 heavy (non-hydrogen) atoms. The zero-order chi connectivity index (χ0) is 22.2. The zero-order valence-electron chi connectivity index (χ0n) is 18.3. The van der Waals surface area contributed by atoms with Gasteiger partial charge in [0.15, 0.2) is 0 Å². The average molecular weight is 458 g/mol. The maximum Gasteiger partial charge on any atom is 0.410 e. The van der Waals surface area contributed by atoms with Crippen molar-refractivity contribution in [2.75, 3.05) is 6.54 Å². The van der Waals surface area contributed by atoms with E-state index in [4.69, 9.17) is 16.3 Å². The third kappa shape index (κ3) is 5.01. The van der Waals surface area contributed by atoms with E-state index in [0.717, 1.165) is 28.0 Å². The second-order valence-corrected chi connectivity index (χ2v) is 10.5. The smallest absolute Gasteiger partial charge is 0.410 e. The SMILES string of the molecule is C[C@@H]1C[C@@H](n2ncc3c(Cl)cc(SCc4ccccc4)cc32)CN1C(=O)OC(C)(C)C. The largest absolute Gasteiger partial charge is 0.444 e. The molecule has 1 aliphatic rings. The summed E-state index contributed by atoms with van der Waals surface area (Å²) in [5, 5.41) is 6.29. The predicted octanol–water partition coefficient (Wildman–Crippen LogP) is 6.55. The van der Waals surface area contributed by atoms with E-state index in [2.05, 4.69) is 42.4 Å².